The van der Waals surface area contributed by atoms with Gasteiger partial charge in [0.1, 0.15) is 17.5 Å². The van der Waals surface area contributed by atoms with E-state index in [4.69, 9.17) is 25.8 Å². The SMILES string of the molecule is CCOc1ccc(OCC(=O)N2CCN(C(C(=O)OC)c3ccc(Cl)cc3)CC2)cc1. The highest BCUT2D eigenvalue weighted by Gasteiger charge is 2.32. The summed E-state index contributed by atoms with van der Waals surface area (Å²) in [7, 11) is 1.38. The third kappa shape index (κ3) is 6.12. The Labute approximate surface area is 187 Å². The van der Waals surface area contributed by atoms with Crippen molar-refractivity contribution in [3.8, 4) is 11.5 Å². The van der Waals surface area contributed by atoms with Crippen LogP contribution in [0.5, 0.6) is 11.5 Å². The second-order valence-electron chi connectivity index (χ2n) is 7.09. The number of methoxy groups -OCH3 is 1. The van der Waals surface area contributed by atoms with Crippen molar-refractivity contribution >= 4 is 23.5 Å². The number of rotatable bonds is 8. The second kappa shape index (κ2) is 11.0. The highest BCUT2D eigenvalue weighted by molar-refractivity contribution is 6.30. The van der Waals surface area contributed by atoms with Crippen molar-refractivity contribution < 1.29 is 23.8 Å². The maximum Gasteiger partial charge on any atom is 0.327 e. The topological polar surface area (TPSA) is 68.3 Å². The molecule has 2 aromatic carbocycles. The van der Waals surface area contributed by atoms with Gasteiger partial charge in [-0.2, -0.15) is 0 Å². The summed E-state index contributed by atoms with van der Waals surface area (Å²) in [6, 6.07) is 13.8. The molecule has 0 bridgehead atoms. The first kappa shape index (κ1) is 22.9. The minimum Gasteiger partial charge on any atom is -0.494 e. The van der Waals surface area contributed by atoms with E-state index in [1.807, 2.05) is 36.1 Å². The van der Waals surface area contributed by atoms with E-state index in [0.717, 1.165) is 11.3 Å². The lowest BCUT2D eigenvalue weighted by atomic mass is 10.0. The molecule has 166 valence electrons. The van der Waals surface area contributed by atoms with Gasteiger partial charge in [0, 0.05) is 31.2 Å². The van der Waals surface area contributed by atoms with Crippen LogP contribution in [0.4, 0.5) is 0 Å². The van der Waals surface area contributed by atoms with Crippen LogP contribution in [-0.2, 0) is 14.3 Å². The lowest BCUT2D eigenvalue weighted by molar-refractivity contribution is -0.148. The van der Waals surface area contributed by atoms with Gasteiger partial charge in [-0.1, -0.05) is 23.7 Å². The van der Waals surface area contributed by atoms with E-state index in [1.54, 1.807) is 29.2 Å². The maximum atomic E-state index is 12.6. The molecule has 1 saturated heterocycles. The number of nitrogens with zero attached hydrogens (tertiary/aromatic N) is 2. The minimum absolute atomic E-state index is 0.0361. The lowest BCUT2D eigenvalue weighted by Crippen LogP contribution is -2.52. The van der Waals surface area contributed by atoms with Gasteiger partial charge < -0.3 is 19.1 Å². The highest BCUT2D eigenvalue weighted by Crippen LogP contribution is 2.25. The van der Waals surface area contributed by atoms with Crippen LogP contribution in [0, 0.1) is 0 Å². The molecule has 1 atom stereocenters. The molecule has 1 aliphatic heterocycles. The van der Waals surface area contributed by atoms with Crippen LogP contribution in [0.3, 0.4) is 0 Å². The first-order valence-corrected chi connectivity index (χ1v) is 10.6. The summed E-state index contributed by atoms with van der Waals surface area (Å²) in [5.41, 5.74) is 0.815. The van der Waals surface area contributed by atoms with Gasteiger partial charge in [-0.3, -0.25) is 9.69 Å². The molecule has 1 amide bonds. The molecule has 1 heterocycles. The average molecular weight is 447 g/mol. The molecule has 0 radical (unpaired) electrons. The van der Waals surface area contributed by atoms with E-state index in [1.165, 1.54) is 7.11 Å². The van der Waals surface area contributed by atoms with Crippen molar-refractivity contribution in [1.29, 1.82) is 0 Å². The first-order valence-electron chi connectivity index (χ1n) is 10.2. The van der Waals surface area contributed by atoms with E-state index in [-0.39, 0.29) is 18.5 Å². The van der Waals surface area contributed by atoms with Crippen LogP contribution >= 0.6 is 11.6 Å². The fourth-order valence-electron chi connectivity index (χ4n) is 3.52. The Morgan fingerprint density at radius 3 is 2.06 bits per heavy atom. The molecule has 0 spiro atoms. The molecule has 31 heavy (non-hydrogen) atoms. The van der Waals surface area contributed by atoms with Crippen LogP contribution in [0.25, 0.3) is 0 Å². The first-order chi connectivity index (χ1) is 15.0. The van der Waals surface area contributed by atoms with E-state index >= 15 is 0 Å². The number of halogens is 1. The minimum atomic E-state index is -0.528. The zero-order valence-electron chi connectivity index (χ0n) is 17.8. The standard InChI is InChI=1S/C23H27ClN2O5/c1-3-30-19-8-10-20(11-9-19)31-16-21(27)25-12-14-26(15-13-25)22(23(28)29-2)17-4-6-18(24)7-5-17/h4-11,22H,3,12-16H2,1-2H3. The summed E-state index contributed by atoms with van der Waals surface area (Å²) in [5.74, 6) is 0.956. The van der Waals surface area contributed by atoms with Crippen molar-refractivity contribution in [2.75, 3.05) is 46.5 Å². The van der Waals surface area contributed by atoms with Gasteiger partial charge in [0.05, 0.1) is 13.7 Å². The van der Waals surface area contributed by atoms with Crippen molar-refractivity contribution in [3.63, 3.8) is 0 Å². The van der Waals surface area contributed by atoms with Crippen LogP contribution in [0.15, 0.2) is 48.5 Å². The highest BCUT2D eigenvalue weighted by atomic mass is 35.5. The largest absolute Gasteiger partial charge is 0.494 e. The average Bonchev–Trinajstić information content (AvgIpc) is 2.80. The molecule has 1 aliphatic rings. The number of esters is 1. The summed E-state index contributed by atoms with van der Waals surface area (Å²) in [6.45, 7) is 4.60. The second-order valence-corrected chi connectivity index (χ2v) is 7.52. The number of ether oxygens (including phenoxy) is 3. The van der Waals surface area contributed by atoms with E-state index in [2.05, 4.69) is 0 Å². The fourth-order valence-corrected chi connectivity index (χ4v) is 3.64. The summed E-state index contributed by atoms with van der Waals surface area (Å²) in [4.78, 5) is 28.8. The number of hydrogen-bond donors (Lipinski definition) is 0. The predicted molar refractivity (Wildman–Crippen MR) is 117 cm³/mol. The Morgan fingerprint density at radius 2 is 1.52 bits per heavy atom. The molecule has 1 unspecified atom stereocenters. The van der Waals surface area contributed by atoms with Gasteiger partial charge in [0.25, 0.3) is 5.91 Å². The molecule has 1 fully saturated rings. The zero-order chi connectivity index (χ0) is 22.2. The number of piperazine rings is 1. The normalized spacial score (nSPS) is 15.3. The third-order valence-electron chi connectivity index (χ3n) is 5.14. The number of carbonyl (C=O) groups is 2. The molecule has 0 aromatic heterocycles. The lowest BCUT2D eigenvalue weighted by Gasteiger charge is -2.38. The van der Waals surface area contributed by atoms with Crippen molar-refractivity contribution in [2.45, 2.75) is 13.0 Å². The van der Waals surface area contributed by atoms with Gasteiger partial charge in [0.2, 0.25) is 0 Å². The monoisotopic (exact) mass is 446 g/mol. The molecule has 8 heteroatoms. The number of carbonyl (C=O) groups excluding carboxylic acids is 2. The molecular formula is C23H27ClN2O5. The maximum absolute atomic E-state index is 12.6. The van der Waals surface area contributed by atoms with Crippen LogP contribution in [0.1, 0.15) is 18.5 Å². The van der Waals surface area contributed by atoms with Crippen molar-refractivity contribution in [1.82, 2.24) is 9.80 Å². The van der Waals surface area contributed by atoms with E-state index in [9.17, 15) is 9.59 Å². The molecule has 0 aliphatic carbocycles. The van der Waals surface area contributed by atoms with Gasteiger partial charge in [-0.15, -0.1) is 0 Å². The van der Waals surface area contributed by atoms with Gasteiger partial charge >= 0.3 is 5.97 Å². The summed E-state index contributed by atoms with van der Waals surface area (Å²) >= 11 is 5.97. The van der Waals surface area contributed by atoms with Crippen LogP contribution < -0.4 is 9.47 Å². The smallest absolute Gasteiger partial charge is 0.327 e. The molecule has 7 nitrogen and oxygen atoms in total. The molecule has 0 N–H and O–H groups in total. The molecule has 3 rings (SSSR count). The zero-order valence-corrected chi connectivity index (χ0v) is 18.5. The number of amides is 1. The summed E-state index contributed by atoms with van der Waals surface area (Å²) in [6.07, 6.45) is 0. The van der Waals surface area contributed by atoms with Crippen LogP contribution in [0.2, 0.25) is 5.02 Å². The third-order valence-corrected chi connectivity index (χ3v) is 5.39. The van der Waals surface area contributed by atoms with Crippen molar-refractivity contribution in [2.24, 2.45) is 0 Å². The van der Waals surface area contributed by atoms with Gasteiger partial charge in [0.15, 0.2) is 6.61 Å². The Morgan fingerprint density at radius 1 is 0.935 bits per heavy atom. The Hall–Kier alpha value is -2.77. The predicted octanol–water partition coefficient (Wildman–Crippen LogP) is 3.18. The summed E-state index contributed by atoms with van der Waals surface area (Å²) in [5, 5.41) is 0.607. The Kier molecular flexibility index (Phi) is 8.14. The number of hydrogen-bond acceptors (Lipinski definition) is 6. The molecule has 2 aromatic rings. The fraction of sp³-hybridized carbons (Fsp3) is 0.391. The van der Waals surface area contributed by atoms with Crippen LogP contribution in [-0.4, -0.2) is 68.2 Å². The molecular weight excluding hydrogens is 420 g/mol. The quantitative estimate of drug-likeness (QED) is 0.580. The van der Waals surface area contributed by atoms with Crippen molar-refractivity contribution in [3.05, 3.63) is 59.1 Å². The van der Waals surface area contributed by atoms with E-state index in [0.29, 0.717) is 43.6 Å². The van der Waals surface area contributed by atoms with Gasteiger partial charge in [-0.05, 0) is 48.9 Å². The Balaban J connectivity index is 1.54. The number of benzene rings is 2. The van der Waals surface area contributed by atoms with E-state index < -0.39 is 6.04 Å². The Bertz CT molecular complexity index is 865. The summed E-state index contributed by atoms with van der Waals surface area (Å²) < 4.78 is 16.0. The van der Waals surface area contributed by atoms with Gasteiger partial charge in [-0.25, -0.2) is 4.79 Å². The molecule has 0 saturated carbocycles.